The van der Waals surface area contributed by atoms with Crippen molar-refractivity contribution in [2.24, 2.45) is 7.05 Å². The largest absolute Gasteiger partial charge is 0.444 e. The third kappa shape index (κ3) is 4.62. The fourth-order valence-corrected chi connectivity index (χ4v) is 4.30. The van der Waals surface area contributed by atoms with E-state index in [2.05, 4.69) is 14.7 Å². The smallest absolute Gasteiger partial charge is 0.410 e. The van der Waals surface area contributed by atoms with E-state index in [1.807, 2.05) is 45.0 Å². The highest BCUT2D eigenvalue weighted by molar-refractivity contribution is 5.87. The summed E-state index contributed by atoms with van der Waals surface area (Å²) in [6, 6.07) is 9.25. The van der Waals surface area contributed by atoms with Gasteiger partial charge < -0.3 is 14.5 Å². The van der Waals surface area contributed by atoms with Crippen molar-refractivity contribution < 1.29 is 9.53 Å². The van der Waals surface area contributed by atoms with Gasteiger partial charge in [-0.05, 0) is 38.8 Å². The maximum Gasteiger partial charge on any atom is 0.410 e. The normalized spacial score (nSPS) is 14.7. The van der Waals surface area contributed by atoms with E-state index in [1.165, 1.54) is 0 Å². The van der Waals surface area contributed by atoms with Gasteiger partial charge in [-0.3, -0.25) is 9.13 Å². The van der Waals surface area contributed by atoms with Crippen molar-refractivity contribution in [3.63, 3.8) is 0 Å². The number of nitrogens with zero attached hydrogens (tertiary/aromatic N) is 6. The molecule has 1 amide bonds. The van der Waals surface area contributed by atoms with Gasteiger partial charge >= 0.3 is 11.8 Å². The highest BCUT2D eigenvalue weighted by atomic mass is 16.6. The minimum absolute atomic E-state index is 0.181. The molecular formula is C25H30N6O3. The molecule has 9 heteroatoms. The Hall–Kier alpha value is -3.80. The molecule has 3 aromatic rings. The summed E-state index contributed by atoms with van der Waals surface area (Å²) in [5.41, 5.74) is 2.82. The van der Waals surface area contributed by atoms with Crippen LogP contribution in [0.2, 0.25) is 0 Å². The second-order valence-electron chi connectivity index (χ2n) is 9.48. The van der Waals surface area contributed by atoms with Gasteiger partial charge in [-0.25, -0.2) is 19.4 Å². The number of hydrogen-bond donors (Lipinski definition) is 0. The van der Waals surface area contributed by atoms with Crippen LogP contribution in [-0.2, 0) is 18.3 Å². The first-order chi connectivity index (χ1) is 16.2. The van der Waals surface area contributed by atoms with Crippen LogP contribution in [0.4, 0.5) is 16.2 Å². The number of para-hydroxylation sites is 1. The van der Waals surface area contributed by atoms with Crippen LogP contribution in [0.5, 0.6) is 0 Å². The standard InChI is InChI=1S/C25H30N6O3/c1-25(2,3)34-24(33)30-14-8-13-29(15-16-30)20-11-12-27-22-21(20)31(23(32)28(22)5)17-18-9-6-7-10-19(18)26-4/h6-7,9-12H,8,13-17H2,1-3,5H3. The lowest BCUT2D eigenvalue weighted by Gasteiger charge is -2.27. The third-order valence-corrected chi connectivity index (χ3v) is 5.92. The second-order valence-corrected chi connectivity index (χ2v) is 9.48. The van der Waals surface area contributed by atoms with E-state index in [-0.39, 0.29) is 18.3 Å². The molecular weight excluding hydrogens is 432 g/mol. The Morgan fingerprint density at radius 1 is 1.15 bits per heavy atom. The number of ether oxygens (including phenoxy) is 1. The van der Waals surface area contributed by atoms with Crippen molar-refractivity contribution in [1.82, 2.24) is 19.0 Å². The van der Waals surface area contributed by atoms with Crippen LogP contribution in [0.15, 0.2) is 41.3 Å². The van der Waals surface area contributed by atoms with Crippen molar-refractivity contribution in [3.8, 4) is 0 Å². The minimum atomic E-state index is -0.540. The minimum Gasteiger partial charge on any atom is -0.444 e. The lowest BCUT2D eigenvalue weighted by Crippen LogP contribution is -2.39. The monoisotopic (exact) mass is 462 g/mol. The molecule has 9 nitrogen and oxygen atoms in total. The molecule has 0 aliphatic carbocycles. The lowest BCUT2D eigenvalue weighted by atomic mass is 10.2. The summed E-state index contributed by atoms with van der Waals surface area (Å²) in [5, 5.41) is 0. The molecule has 1 aliphatic rings. The number of imidazole rings is 1. The number of anilines is 1. The summed E-state index contributed by atoms with van der Waals surface area (Å²) in [6.07, 6.45) is 2.19. The van der Waals surface area contributed by atoms with Crippen molar-refractivity contribution in [2.75, 3.05) is 31.1 Å². The van der Waals surface area contributed by atoms with Gasteiger partial charge in [0, 0.05) is 46.0 Å². The van der Waals surface area contributed by atoms with Crippen LogP contribution < -0.4 is 10.6 Å². The summed E-state index contributed by atoms with van der Waals surface area (Å²) < 4.78 is 8.79. The molecule has 0 N–H and O–H groups in total. The summed E-state index contributed by atoms with van der Waals surface area (Å²) in [6.45, 7) is 15.8. The topological polar surface area (TPSA) is 77.0 Å². The fourth-order valence-electron chi connectivity index (χ4n) is 4.30. The molecule has 0 radical (unpaired) electrons. The number of aryl methyl sites for hydroxylation is 1. The molecule has 34 heavy (non-hydrogen) atoms. The van der Waals surface area contributed by atoms with E-state index in [0.29, 0.717) is 31.0 Å². The Labute approximate surface area is 199 Å². The Kier molecular flexibility index (Phi) is 6.33. The average molecular weight is 463 g/mol. The molecule has 1 fully saturated rings. The highest BCUT2D eigenvalue weighted by Crippen LogP contribution is 2.28. The van der Waals surface area contributed by atoms with Gasteiger partial charge in [-0.2, -0.15) is 0 Å². The number of carbonyl (C=O) groups is 1. The van der Waals surface area contributed by atoms with Crippen molar-refractivity contribution in [3.05, 3.63) is 64.0 Å². The number of benzene rings is 1. The molecule has 1 aliphatic heterocycles. The van der Waals surface area contributed by atoms with Crippen LogP contribution in [0, 0.1) is 6.57 Å². The molecule has 3 heterocycles. The van der Waals surface area contributed by atoms with Crippen LogP contribution in [-0.4, -0.2) is 56.9 Å². The summed E-state index contributed by atoms with van der Waals surface area (Å²) in [5.74, 6) is 0. The molecule has 0 unspecified atom stereocenters. The van der Waals surface area contributed by atoms with Crippen LogP contribution in [0.1, 0.15) is 32.8 Å². The zero-order valence-electron chi connectivity index (χ0n) is 20.1. The highest BCUT2D eigenvalue weighted by Gasteiger charge is 2.26. The van der Waals surface area contributed by atoms with E-state index >= 15 is 0 Å². The van der Waals surface area contributed by atoms with Crippen molar-refractivity contribution in [2.45, 2.75) is 39.3 Å². The lowest BCUT2D eigenvalue weighted by molar-refractivity contribution is 0.0263. The molecule has 1 aromatic carbocycles. The van der Waals surface area contributed by atoms with E-state index in [0.717, 1.165) is 29.7 Å². The first-order valence-corrected chi connectivity index (χ1v) is 11.4. The molecule has 0 atom stereocenters. The number of amides is 1. The third-order valence-electron chi connectivity index (χ3n) is 5.92. The van der Waals surface area contributed by atoms with Gasteiger partial charge in [-0.1, -0.05) is 24.3 Å². The quantitative estimate of drug-likeness (QED) is 0.554. The second kappa shape index (κ2) is 9.21. The molecule has 4 rings (SSSR count). The van der Waals surface area contributed by atoms with Gasteiger partial charge in [0.1, 0.15) is 11.1 Å². The zero-order chi connectivity index (χ0) is 24.5. The van der Waals surface area contributed by atoms with Crippen molar-refractivity contribution >= 4 is 28.6 Å². The fraction of sp³-hybridized carbons (Fsp3) is 0.440. The van der Waals surface area contributed by atoms with E-state index in [4.69, 9.17) is 11.3 Å². The number of rotatable bonds is 3. The van der Waals surface area contributed by atoms with Crippen molar-refractivity contribution in [1.29, 1.82) is 0 Å². The van der Waals surface area contributed by atoms with Crippen LogP contribution in [0.3, 0.4) is 0 Å². The van der Waals surface area contributed by atoms with Crippen LogP contribution >= 0.6 is 0 Å². The average Bonchev–Trinajstić information content (AvgIpc) is 2.97. The summed E-state index contributed by atoms with van der Waals surface area (Å²) in [7, 11) is 1.71. The zero-order valence-corrected chi connectivity index (χ0v) is 20.1. The van der Waals surface area contributed by atoms with Gasteiger partial charge in [0.15, 0.2) is 11.3 Å². The first-order valence-electron chi connectivity index (χ1n) is 11.4. The van der Waals surface area contributed by atoms with Crippen LogP contribution in [0.25, 0.3) is 16.0 Å². The van der Waals surface area contributed by atoms with E-state index in [1.54, 1.807) is 33.3 Å². The van der Waals surface area contributed by atoms with Gasteiger partial charge in [0.25, 0.3) is 0 Å². The summed E-state index contributed by atoms with van der Waals surface area (Å²) >= 11 is 0. The predicted octanol–water partition coefficient (Wildman–Crippen LogP) is 3.78. The Bertz CT molecular complexity index is 1310. The number of pyridine rings is 1. The van der Waals surface area contributed by atoms with E-state index in [9.17, 15) is 9.59 Å². The summed E-state index contributed by atoms with van der Waals surface area (Å²) in [4.78, 5) is 37.8. The Balaban J connectivity index is 1.69. The predicted molar refractivity (Wildman–Crippen MR) is 131 cm³/mol. The van der Waals surface area contributed by atoms with Gasteiger partial charge in [0.2, 0.25) is 0 Å². The molecule has 0 saturated carbocycles. The first kappa shape index (κ1) is 23.4. The van der Waals surface area contributed by atoms with Gasteiger partial charge in [0.05, 0.1) is 12.3 Å². The number of fused-ring (bicyclic) bond motifs is 1. The Morgan fingerprint density at radius 3 is 2.65 bits per heavy atom. The molecule has 1 saturated heterocycles. The number of carbonyl (C=O) groups excluding carboxylic acids is 1. The van der Waals surface area contributed by atoms with Gasteiger partial charge in [-0.15, -0.1) is 0 Å². The Morgan fingerprint density at radius 2 is 1.91 bits per heavy atom. The number of aromatic nitrogens is 3. The maximum atomic E-state index is 13.2. The maximum absolute atomic E-state index is 13.2. The number of hydrogen-bond acceptors (Lipinski definition) is 5. The SMILES string of the molecule is [C-]#[N+]c1ccccc1Cn1c(=O)n(C)c2nccc(N3CCCN(C(=O)OC(C)(C)C)CC3)c21. The molecule has 0 spiro atoms. The molecule has 2 aromatic heterocycles. The van der Waals surface area contributed by atoms with E-state index < -0.39 is 5.60 Å². The molecule has 178 valence electrons. The molecule has 0 bridgehead atoms.